The van der Waals surface area contributed by atoms with Crippen molar-refractivity contribution in [3.63, 3.8) is 0 Å². The molecule has 2 aromatic rings. The fourth-order valence-corrected chi connectivity index (χ4v) is 3.03. The fourth-order valence-electron chi connectivity index (χ4n) is 3.03. The summed E-state index contributed by atoms with van der Waals surface area (Å²) in [7, 11) is 3.89. The molecular weight excluding hydrogens is 323 g/mol. The number of imidazole rings is 1. The van der Waals surface area contributed by atoms with Crippen molar-refractivity contribution in [1.82, 2.24) is 19.2 Å². The van der Waals surface area contributed by atoms with Crippen molar-refractivity contribution in [2.24, 2.45) is 0 Å². The first kappa shape index (κ1) is 17.8. The lowest BCUT2D eigenvalue weighted by Crippen LogP contribution is -2.41. The fraction of sp³-hybridized carbons (Fsp3) is 0.556. The number of amides is 1. The molecule has 1 aliphatic rings. The Balaban J connectivity index is 1.86. The molecule has 2 aromatic heterocycles. The SMILES string of the molecule is Cc1ccn2c(F)c(C(=O)N(CCN(C)C)C[C@@H]3CCCO3)nc2c1. The highest BCUT2D eigenvalue weighted by Crippen LogP contribution is 2.18. The van der Waals surface area contributed by atoms with Crippen LogP contribution in [-0.4, -0.2) is 71.5 Å². The van der Waals surface area contributed by atoms with Gasteiger partial charge in [-0.2, -0.15) is 4.39 Å². The quantitative estimate of drug-likeness (QED) is 0.801. The lowest BCUT2D eigenvalue weighted by Gasteiger charge is -2.26. The number of likely N-dealkylation sites (N-methyl/N-ethyl adjacent to an activating group) is 1. The second kappa shape index (κ2) is 7.49. The predicted octanol–water partition coefficient (Wildman–Crippen LogP) is 1.96. The summed E-state index contributed by atoms with van der Waals surface area (Å²) >= 11 is 0. The molecule has 25 heavy (non-hydrogen) atoms. The van der Waals surface area contributed by atoms with E-state index in [-0.39, 0.29) is 17.7 Å². The predicted molar refractivity (Wildman–Crippen MR) is 93.3 cm³/mol. The number of hydrogen-bond donors (Lipinski definition) is 0. The van der Waals surface area contributed by atoms with E-state index in [1.54, 1.807) is 23.2 Å². The molecule has 0 aromatic carbocycles. The number of carbonyl (C=O) groups excluding carboxylic acids is 1. The van der Waals surface area contributed by atoms with Crippen LogP contribution in [-0.2, 0) is 4.74 Å². The van der Waals surface area contributed by atoms with Crippen molar-refractivity contribution in [3.05, 3.63) is 35.5 Å². The number of ether oxygens (including phenoxy) is 1. The van der Waals surface area contributed by atoms with Crippen molar-refractivity contribution < 1.29 is 13.9 Å². The van der Waals surface area contributed by atoms with E-state index in [4.69, 9.17) is 4.74 Å². The Bertz CT molecular complexity index is 753. The number of rotatable bonds is 6. The Hall–Kier alpha value is -1.99. The number of carbonyl (C=O) groups is 1. The summed E-state index contributed by atoms with van der Waals surface area (Å²) in [5.74, 6) is -0.988. The van der Waals surface area contributed by atoms with Crippen LogP contribution < -0.4 is 0 Å². The van der Waals surface area contributed by atoms with Crippen LogP contribution in [0.2, 0.25) is 0 Å². The highest BCUT2D eigenvalue weighted by Gasteiger charge is 2.28. The largest absolute Gasteiger partial charge is 0.376 e. The van der Waals surface area contributed by atoms with E-state index in [0.717, 1.165) is 25.0 Å². The Kier molecular flexibility index (Phi) is 5.34. The molecule has 136 valence electrons. The van der Waals surface area contributed by atoms with Gasteiger partial charge in [0, 0.05) is 32.4 Å². The molecular formula is C18H25FN4O2. The van der Waals surface area contributed by atoms with Crippen LogP contribution in [0, 0.1) is 12.9 Å². The Morgan fingerprint density at radius 2 is 2.24 bits per heavy atom. The van der Waals surface area contributed by atoms with Gasteiger partial charge in [-0.15, -0.1) is 0 Å². The molecule has 1 amide bonds. The highest BCUT2D eigenvalue weighted by molar-refractivity contribution is 5.93. The first-order valence-electron chi connectivity index (χ1n) is 8.65. The molecule has 1 atom stereocenters. The third kappa shape index (κ3) is 3.99. The average molecular weight is 348 g/mol. The van der Waals surface area contributed by atoms with Gasteiger partial charge in [0.15, 0.2) is 5.69 Å². The van der Waals surface area contributed by atoms with Crippen molar-refractivity contribution >= 4 is 11.6 Å². The molecule has 0 bridgehead atoms. The number of fused-ring (bicyclic) bond motifs is 1. The Morgan fingerprint density at radius 3 is 2.92 bits per heavy atom. The molecule has 0 radical (unpaired) electrons. The normalized spacial score (nSPS) is 17.6. The highest BCUT2D eigenvalue weighted by atomic mass is 19.1. The number of aryl methyl sites for hydroxylation is 1. The average Bonchev–Trinajstić information content (AvgIpc) is 3.18. The van der Waals surface area contributed by atoms with Crippen LogP contribution >= 0.6 is 0 Å². The molecule has 6 nitrogen and oxygen atoms in total. The van der Waals surface area contributed by atoms with Gasteiger partial charge in [-0.25, -0.2) is 4.98 Å². The van der Waals surface area contributed by atoms with Gasteiger partial charge in [0.1, 0.15) is 5.65 Å². The molecule has 0 saturated carbocycles. The minimum absolute atomic E-state index is 0.0217. The monoisotopic (exact) mass is 348 g/mol. The minimum atomic E-state index is -0.609. The molecule has 0 N–H and O–H groups in total. The Morgan fingerprint density at radius 1 is 1.44 bits per heavy atom. The van der Waals surface area contributed by atoms with E-state index >= 15 is 0 Å². The van der Waals surface area contributed by atoms with Gasteiger partial charge < -0.3 is 14.5 Å². The number of aromatic nitrogens is 2. The van der Waals surface area contributed by atoms with E-state index in [0.29, 0.717) is 25.3 Å². The lowest BCUT2D eigenvalue weighted by molar-refractivity contribution is 0.0504. The topological polar surface area (TPSA) is 50.1 Å². The summed E-state index contributed by atoms with van der Waals surface area (Å²) in [6, 6.07) is 3.56. The van der Waals surface area contributed by atoms with Gasteiger partial charge in [0.05, 0.1) is 6.10 Å². The molecule has 7 heteroatoms. The van der Waals surface area contributed by atoms with Gasteiger partial charge in [0.2, 0.25) is 5.95 Å². The lowest BCUT2D eigenvalue weighted by atomic mass is 10.2. The Labute approximate surface area is 147 Å². The summed E-state index contributed by atoms with van der Waals surface area (Å²) in [4.78, 5) is 20.9. The van der Waals surface area contributed by atoms with Gasteiger partial charge in [-0.05, 0) is 51.6 Å². The maximum absolute atomic E-state index is 14.7. The standard InChI is InChI=1S/C18H25FN4O2/c1-13-6-7-23-15(11-13)20-16(17(23)19)18(24)22(9-8-21(2)3)12-14-5-4-10-25-14/h6-7,11,14H,4-5,8-10,12H2,1-3H3/t14-/m0/s1. The molecule has 1 fully saturated rings. The zero-order valence-electron chi connectivity index (χ0n) is 15.0. The smallest absolute Gasteiger partial charge is 0.277 e. The zero-order valence-corrected chi connectivity index (χ0v) is 15.0. The summed E-state index contributed by atoms with van der Waals surface area (Å²) in [5, 5.41) is 0. The van der Waals surface area contributed by atoms with Gasteiger partial charge in [-0.1, -0.05) is 0 Å². The van der Waals surface area contributed by atoms with E-state index in [9.17, 15) is 9.18 Å². The van der Waals surface area contributed by atoms with E-state index in [2.05, 4.69) is 4.98 Å². The van der Waals surface area contributed by atoms with Crippen LogP contribution in [0.25, 0.3) is 5.65 Å². The van der Waals surface area contributed by atoms with Crippen LogP contribution in [0.3, 0.4) is 0 Å². The second-order valence-corrected chi connectivity index (χ2v) is 6.87. The molecule has 1 saturated heterocycles. The number of halogens is 1. The number of hydrogen-bond acceptors (Lipinski definition) is 4. The van der Waals surface area contributed by atoms with Gasteiger partial charge in [0.25, 0.3) is 5.91 Å². The summed E-state index contributed by atoms with van der Waals surface area (Å²) in [6.07, 6.45) is 3.56. The summed E-state index contributed by atoms with van der Waals surface area (Å²) in [6.45, 7) is 4.32. The maximum atomic E-state index is 14.7. The third-order valence-corrected chi connectivity index (χ3v) is 4.48. The summed E-state index contributed by atoms with van der Waals surface area (Å²) < 4.78 is 21.7. The van der Waals surface area contributed by atoms with Crippen LogP contribution in [0.1, 0.15) is 28.9 Å². The zero-order chi connectivity index (χ0) is 18.0. The first-order chi connectivity index (χ1) is 12.0. The van der Waals surface area contributed by atoms with Crippen LogP contribution in [0.4, 0.5) is 4.39 Å². The molecule has 3 heterocycles. The molecule has 3 rings (SSSR count). The van der Waals surface area contributed by atoms with Gasteiger partial charge >= 0.3 is 0 Å². The maximum Gasteiger partial charge on any atom is 0.277 e. The van der Waals surface area contributed by atoms with Crippen molar-refractivity contribution in [3.8, 4) is 0 Å². The van der Waals surface area contributed by atoms with E-state index in [1.165, 1.54) is 4.40 Å². The number of nitrogens with zero attached hydrogens (tertiary/aromatic N) is 4. The van der Waals surface area contributed by atoms with E-state index < -0.39 is 5.95 Å². The van der Waals surface area contributed by atoms with Gasteiger partial charge in [-0.3, -0.25) is 9.20 Å². The van der Waals surface area contributed by atoms with Crippen molar-refractivity contribution in [2.75, 3.05) is 40.3 Å². The van der Waals surface area contributed by atoms with Crippen molar-refractivity contribution in [1.29, 1.82) is 0 Å². The van der Waals surface area contributed by atoms with Crippen LogP contribution in [0.15, 0.2) is 18.3 Å². The van der Waals surface area contributed by atoms with E-state index in [1.807, 2.05) is 25.9 Å². The number of pyridine rings is 1. The minimum Gasteiger partial charge on any atom is -0.376 e. The molecule has 0 aliphatic carbocycles. The summed E-state index contributed by atoms with van der Waals surface area (Å²) in [5.41, 5.74) is 1.30. The van der Waals surface area contributed by atoms with Crippen LogP contribution in [0.5, 0.6) is 0 Å². The molecule has 1 aliphatic heterocycles. The molecule has 0 unspecified atom stereocenters. The second-order valence-electron chi connectivity index (χ2n) is 6.87. The first-order valence-corrected chi connectivity index (χ1v) is 8.65. The van der Waals surface area contributed by atoms with Crippen molar-refractivity contribution in [2.45, 2.75) is 25.9 Å². The third-order valence-electron chi connectivity index (χ3n) is 4.48. The molecule has 0 spiro atoms.